The van der Waals surface area contributed by atoms with E-state index in [0.717, 1.165) is 41.4 Å². The highest BCUT2D eigenvalue weighted by atomic mass is 16.5. The van der Waals surface area contributed by atoms with Gasteiger partial charge in [-0.1, -0.05) is 70.2 Å². The molecule has 2 aromatic carbocycles. The third-order valence-corrected chi connectivity index (χ3v) is 4.55. The summed E-state index contributed by atoms with van der Waals surface area (Å²) in [5, 5.41) is 10.6. The lowest BCUT2D eigenvalue weighted by molar-refractivity contribution is 0.175. The summed E-state index contributed by atoms with van der Waals surface area (Å²) >= 11 is 0. The van der Waals surface area contributed by atoms with Crippen LogP contribution in [0.4, 0.5) is 5.69 Å². The second-order valence-corrected chi connectivity index (χ2v) is 7.05. The van der Waals surface area contributed by atoms with Gasteiger partial charge in [0.05, 0.1) is 6.61 Å². The number of para-hydroxylation sites is 1. The maximum absolute atomic E-state index is 5.29. The minimum Gasteiger partial charge on any atom is -0.384 e. The fourth-order valence-corrected chi connectivity index (χ4v) is 3.21. The first kappa shape index (κ1) is 23.5. The van der Waals surface area contributed by atoms with Crippen molar-refractivity contribution in [2.75, 3.05) is 25.6 Å². The molecule has 0 radical (unpaired) electrons. The highest BCUT2D eigenvalue weighted by Crippen LogP contribution is 2.29. The van der Waals surface area contributed by atoms with Gasteiger partial charge in [0, 0.05) is 30.8 Å². The minimum atomic E-state index is -0.123. The molecule has 1 heterocycles. The number of benzene rings is 2. The predicted molar refractivity (Wildman–Crippen MR) is 128 cm³/mol. The van der Waals surface area contributed by atoms with E-state index in [0.29, 0.717) is 12.5 Å². The van der Waals surface area contributed by atoms with Gasteiger partial charge in [-0.05, 0) is 30.2 Å². The molecule has 5 heteroatoms. The van der Waals surface area contributed by atoms with Crippen molar-refractivity contribution in [2.24, 2.45) is 10.9 Å². The monoisotopic (exact) mass is 408 g/mol. The summed E-state index contributed by atoms with van der Waals surface area (Å²) in [4.78, 5) is 4.98. The highest BCUT2D eigenvalue weighted by Gasteiger charge is 2.21. The van der Waals surface area contributed by atoms with Gasteiger partial charge in [-0.2, -0.15) is 0 Å². The van der Waals surface area contributed by atoms with E-state index in [2.05, 4.69) is 60.1 Å². The molecule has 0 aliphatic carbocycles. The first-order chi connectivity index (χ1) is 14.7. The maximum Gasteiger partial charge on any atom is 0.147 e. The van der Waals surface area contributed by atoms with Crippen molar-refractivity contribution in [2.45, 2.75) is 40.3 Å². The Balaban J connectivity index is 0.00000155. The zero-order valence-corrected chi connectivity index (χ0v) is 18.9. The lowest BCUT2D eigenvalue weighted by atomic mass is 10.1. The van der Waals surface area contributed by atoms with E-state index in [4.69, 9.17) is 9.73 Å². The zero-order chi connectivity index (χ0) is 21.8. The molecule has 3 rings (SSSR count). The number of hydrogen-bond acceptors (Lipinski definition) is 5. The van der Waals surface area contributed by atoms with Crippen LogP contribution in [0.1, 0.15) is 51.4 Å². The van der Waals surface area contributed by atoms with Gasteiger partial charge in [-0.15, -0.1) is 0 Å². The molecule has 1 aliphatic rings. The Morgan fingerprint density at radius 2 is 1.83 bits per heavy atom. The normalized spacial score (nSPS) is 16.2. The Hall–Kier alpha value is -2.79. The van der Waals surface area contributed by atoms with Crippen LogP contribution in [0, 0.1) is 5.92 Å². The third kappa shape index (κ3) is 6.63. The van der Waals surface area contributed by atoms with Crippen molar-refractivity contribution in [1.82, 2.24) is 10.6 Å². The van der Waals surface area contributed by atoms with Crippen LogP contribution < -0.4 is 16.0 Å². The number of nitrogens with zero attached hydrogens (tertiary/aromatic N) is 1. The molecule has 0 bridgehead atoms. The molecule has 162 valence electrons. The Morgan fingerprint density at radius 3 is 2.53 bits per heavy atom. The van der Waals surface area contributed by atoms with Gasteiger partial charge in [0.2, 0.25) is 0 Å². The Kier molecular flexibility index (Phi) is 9.95. The van der Waals surface area contributed by atoms with Crippen molar-refractivity contribution in [3.05, 3.63) is 77.6 Å². The van der Waals surface area contributed by atoms with E-state index in [1.807, 2.05) is 44.2 Å². The standard InChI is InChI=1S/C23H30N4O.C2H6/c1-4-14-24-21(15-17(2)16-28-3)26-23-19-12-8-9-13-20(19)25-22(27-23)18-10-6-5-7-11-18;1-2/h5-13,15,17,22,24-25H,4,14,16H2,1-3H3,(H,26,27);1-2H3/b21-15+;. The summed E-state index contributed by atoms with van der Waals surface area (Å²) in [5.74, 6) is 2.12. The molecule has 0 aromatic heterocycles. The molecule has 2 atom stereocenters. The topological polar surface area (TPSA) is 57.7 Å². The molecule has 3 N–H and O–H groups in total. The van der Waals surface area contributed by atoms with Crippen LogP contribution in [0.15, 0.2) is 71.5 Å². The van der Waals surface area contributed by atoms with Gasteiger partial charge in [-0.25, -0.2) is 4.99 Å². The molecule has 0 spiro atoms. The van der Waals surface area contributed by atoms with Crippen molar-refractivity contribution in [3.8, 4) is 0 Å². The first-order valence-corrected chi connectivity index (χ1v) is 10.9. The fraction of sp³-hybridized carbons (Fsp3) is 0.400. The van der Waals surface area contributed by atoms with Gasteiger partial charge in [-0.3, -0.25) is 0 Å². The van der Waals surface area contributed by atoms with Gasteiger partial charge in [0.1, 0.15) is 17.8 Å². The van der Waals surface area contributed by atoms with Gasteiger partial charge < -0.3 is 20.7 Å². The SMILES string of the molecule is CC.CCCN/C(=C\C(C)COC)NC1=NC(c2ccccc2)Nc2ccccc21. The van der Waals surface area contributed by atoms with Crippen LogP contribution in [-0.4, -0.2) is 26.1 Å². The van der Waals surface area contributed by atoms with Crippen molar-refractivity contribution < 1.29 is 4.74 Å². The average molecular weight is 409 g/mol. The largest absolute Gasteiger partial charge is 0.384 e. The number of amidine groups is 1. The molecule has 2 unspecified atom stereocenters. The van der Waals surface area contributed by atoms with Crippen LogP contribution >= 0.6 is 0 Å². The van der Waals surface area contributed by atoms with E-state index in [-0.39, 0.29) is 6.17 Å². The highest BCUT2D eigenvalue weighted by molar-refractivity contribution is 6.05. The van der Waals surface area contributed by atoms with Gasteiger partial charge >= 0.3 is 0 Å². The van der Waals surface area contributed by atoms with Crippen LogP contribution in [0.3, 0.4) is 0 Å². The molecule has 1 aliphatic heterocycles. The van der Waals surface area contributed by atoms with Crippen molar-refractivity contribution >= 4 is 11.5 Å². The van der Waals surface area contributed by atoms with E-state index in [1.54, 1.807) is 7.11 Å². The smallest absolute Gasteiger partial charge is 0.147 e. The van der Waals surface area contributed by atoms with Gasteiger partial charge in [0.15, 0.2) is 0 Å². The number of fused-ring (bicyclic) bond motifs is 1. The number of ether oxygens (including phenoxy) is 1. The predicted octanol–water partition coefficient (Wildman–Crippen LogP) is 5.30. The Bertz CT molecular complexity index is 817. The summed E-state index contributed by atoms with van der Waals surface area (Å²) in [6, 6.07) is 18.6. The lowest BCUT2D eigenvalue weighted by Gasteiger charge is -2.27. The second-order valence-electron chi connectivity index (χ2n) is 7.05. The molecule has 5 nitrogen and oxygen atoms in total. The molecule has 0 saturated carbocycles. The van der Waals surface area contributed by atoms with Crippen LogP contribution in [0.25, 0.3) is 0 Å². The van der Waals surface area contributed by atoms with E-state index >= 15 is 0 Å². The second kappa shape index (κ2) is 12.7. The lowest BCUT2D eigenvalue weighted by Crippen LogP contribution is -2.36. The number of nitrogens with one attached hydrogen (secondary N) is 3. The minimum absolute atomic E-state index is 0.123. The maximum atomic E-state index is 5.29. The molecule has 0 saturated heterocycles. The number of rotatable bonds is 8. The van der Waals surface area contributed by atoms with Crippen LogP contribution in [-0.2, 0) is 4.74 Å². The summed E-state index contributed by atoms with van der Waals surface area (Å²) in [5.41, 5.74) is 3.28. The molecule has 2 aromatic rings. The molecule has 0 amide bonds. The summed E-state index contributed by atoms with van der Waals surface area (Å²) in [6.07, 6.45) is 3.10. The van der Waals surface area contributed by atoms with E-state index < -0.39 is 0 Å². The van der Waals surface area contributed by atoms with Crippen molar-refractivity contribution in [1.29, 1.82) is 0 Å². The summed E-state index contributed by atoms with van der Waals surface area (Å²) in [6.45, 7) is 9.87. The average Bonchev–Trinajstić information content (AvgIpc) is 2.79. The first-order valence-electron chi connectivity index (χ1n) is 10.9. The number of methoxy groups -OCH3 is 1. The number of hydrogen-bond donors (Lipinski definition) is 3. The Labute approximate surface area is 181 Å². The van der Waals surface area contributed by atoms with E-state index in [9.17, 15) is 0 Å². The van der Waals surface area contributed by atoms with Crippen LogP contribution in [0.2, 0.25) is 0 Å². The fourth-order valence-electron chi connectivity index (χ4n) is 3.21. The number of aliphatic imine (C=N–C) groups is 1. The van der Waals surface area contributed by atoms with Crippen LogP contribution in [0.5, 0.6) is 0 Å². The third-order valence-electron chi connectivity index (χ3n) is 4.55. The zero-order valence-electron chi connectivity index (χ0n) is 18.9. The van der Waals surface area contributed by atoms with E-state index in [1.165, 1.54) is 0 Å². The molecule has 30 heavy (non-hydrogen) atoms. The molecule has 0 fully saturated rings. The van der Waals surface area contributed by atoms with Crippen molar-refractivity contribution in [3.63, 3.8) is 0 Å². The summed E-state index contributed by atoms with van der Waals surface area (Å²) in [7, 11) is 1.73. The summed E-state index contributed by atoms with van der Waals surface area (Å²) < 4.78 is 5.29. The molecular formula is C25H36N4O. The quantitative estimate of drug-likeness (QED) is 0.555. The van der Waals surface area contributed by atoms with Gasteiger partial charge in [0.25, 0.3) is 0 Å². The number of anilines is 1. The Morgan fingerprint density at radius 1 is 1.13 bits per heavy atom. The molecular weight excluding hydrogens is 372 g/mol.